The average Bonchev–Trinajstić information content (AvgIpc) is 2.62. The summed E-state index contributed by atoms with van der Waals surface area (Å²) in [5, 5.41) is 6.06. The highest BCUT2D eigenvalue weighted by Gasteiger charge is 2.45. The fourth-order valence-corrected chi connectivity index (χ4v) is 3.36. The molecule has 0 atom stereocenters. The van der Waals surface area contributed by atoms with E-state index in [1.807, 2.05) is 51.1 Å². The molecule has 4 heteroatoms. The Balaban J connectivity index is 1.69. The fourth-order valence-electron chi connectivity index (χ4n) is 3.36. The Morgan fingerprint density at radius 1 is 1.00 bits per heavy atom. The second-order valence-electron chi connectivity index (χ2n) is 8.02. The molecule has 1 saturated carbocycles. The highest BCUT2D eigenvalue weighted by Crippen LogP contribution is 2.44. The molecule has 0 unspecified atom stereocenters. The van der Waals surface area contributed by atoms with Crippen molar-refractivity contribution in [3.05, 3.63) is 65.7 Å². The van der Waals surface area contributed by atoms with Crippen LogP contribution in [0.4, 0.5) is 5.69 Å². The lowest BCUT2D eigenvalue weighted by atomic mass is 9.64. The number of carbonyl (C=O) groups excluding carboxylic acids is 2. The molecular formula is C23H28N2O2. The van der Waals surface area contributed by atoms with Crippen molar-refractivity contribution < 1.29 is 9.59 Å². The minimum Gasteiger partial charge on any atom is -0.347 e. The topological polar surface area (TPSA) is 58.2 Å². The summed E-state index contributed by atoms with van der Waals surface area (Å²) >= 11 is 0. The monoisotopic (exact) mass is 364 g/mol. The standard InChI is InChI=1S/C23H28N2O2/c1-4-22(2,3)25-20(26)17-11-13-19(14-12-17)24-21(27)23(15-8-16-23)18-9-6-5-7-10-18/h5-7,9-14H,4,8,15-16H2,1-3H3,(H,24,27)(H,25,26). The van der Waals surface area contributed by atoms with E-state index in [1.54, 1.807) is 24.3 Å². The van der Waals surface area contributed by atoms with Crippen LogP contribution >= 0.6 is 0 Å². The molecule has 4 nitrogen and oxygen atoms in total. The van der Waals surface area contributed by atoms with E-state index in [4.69, 9.17) is 0 Å². The van der Waals surface area contributed by atoms with Gasteiger partial charge in [-0.25, -0.2) is 0 Å². The maximum Gasteiger partial charge on any atom is 0.251 e. The van der Waals surface area contributed by atoms with E-state index in [9.17, 15) is 9.59 Å². The van der Waals surface area contributed by atoms with E-state index >= 15 is 0 Å². The third-order valence-electron chi connectivity index (χ3n) is 5.71. The summed E-state index contributed by atoms with van der Waals surface area (Å²) < 4.78 is 0. The fraction of sp³-hybridized carbons (Fsp3) is 0.391. The lowest BCUT2D eigenvalue weighted by Gasteiger charge is -2.40. The second-order valence-corrected chi connectivity index (χ2v) is 8.02. The van der Waals surface area contributed by atoms with Gasteiger partial charge in [0.1, 0.15) is 0 Å². The molecule has 1 aliphatic rings. The Morgan fingerprint density at radius 2 is 1.63 bits per heavy atom. The maximum atomic E-state index is 13.0. The van der Waals surface area contributed by atoms with Crippen molar-refractivity contribution >= 4 is 17.5 Å². The molecular weight excluding hydrogens is 336 g/mol. The second kappa shape index (κ2) is 7.55. The zero-order valence-electron chi connectivity index (χ0n) is 16.3. The first-order chi connectivity index (χ1) is 12.9. The zero-order valence-corrected chi connectivity index (χ0v) is 16.3. The highest BCUT2D eigenvalue weighted by atomic mass is 16.2. The van der Waals surface area contributed by atoms with Crippen molar-refractivity contribution in [3.8, 4) is 0 Å². The van der Waals surface area contributed by atoms with E-state index in [-0.39, 0.29) is 17.4 Å². The van der Waals surface area contributed by atoms with Gasteiger partial charge >= 0.3 is 0 Å². The van der Waals surface area contributed by atoms with Gasteiger partial charge in [-0.1, -0.05) is 43.7 Å². The number of hydrogen-bond acceptors (Lipinski definition) is 2. The van der Waals surface area contributed by atoms with Gasteiger partial charge in [0, 0.05) is 16.8 Å². The minimum atomic E-state index is -0.428. The largest absolute Gasteiger partial charge is 0.347 e. The molecule has 2 aromatic rings. The van der Waals surface area contributed by atoms with Crippen LogP contribution < -0.4 is 10.6 Å². The zero-order chi connectivity index (χ0) is 19.5. The average molecular weight is 364 g/mol. The molecule has 0 aromatic heterocycles. The summed E-state index contributed by atoms with van der Waals surface area (Å²) in [6.07, 6.45) is 3.66. The van der Waals surface area contributed by atoms with Gasteiger partial charge in [0.2, 0.25) is 5.91 Å². The molecule has 142 valence electrons. The van der Waals surface area contributed by atoms with E-state index in [0.29, 0.717) is 11.3 Å². The summed E-state index contributed by atoms with van der Waals surface area (Å²) in [6.45, 7) is 6.05. The highest BCUT2D eigenvalue weighted by molar-refractivity contribution is 6.00. The van der Waals surface area contributed by atoms with Crippen molar-refractivity contribution in [2.75, 3.05) is 5.32 Å². The summed E-state index contributed by atoms with van der Waals surface area (Å²) in [4.78, 5) is 25.3. The van der Waals surface area contributed by atoms with Gasteiger partial charge in [-0.2, -0.15) is 0 Å². The SMILES string of the molecule is CCC(C)(C)NC(=O)c1ccc(NC(=O)C2(c3ccccc3)CCC2)cc1. The maximum absolute atomic E-state index is 13.0. The Labute approximate surface area is 161 Å². The van der Waals surface area contributed by atoms with Crippen molar-refractivity contribution in [1.29, 1.82) is 0 Å². The predicted octanol–water partition coefficient (Wildman–Crippen LogP) is 4.67. The third-order valence-corrected chi connectivity index (χ3v) is 5.71. The van der Waals surface area contributed by atoms with Crippen molar-refractivity contribution in [2.45, 2.75) is 57.4 Å². The van der Waals surface area contributed by atoms with Gasteiger partial charge in [-0.3, -0.25) is 9.59 Å². The van der Waals surface area contributed by atoms with Crippen LogP contribution in [0.5, 0.6) is 0 Å². The van der Waals surface area contributed by atoms with Crippen LogP contribution in [-0.2, 0) is 10.2 Å². The smallest absolute Gasteiger partial charge is 0.251 e. The molecule has 2 amide bonds. The third kappa shape index (κ3) is 4.05. The number of carbonyl (C=O) groups is 2. The minimum absolute atomic E-state index is 0.0317. The lowest BCUT2D eigenvalue weighted by molar-refractivity contribution is -0.124. The first kappa shape index (κ1) is 19.2. The molecule has 0 aliphatic heterocycles. The van der Waals surface area contributed by atoms with E-state index in [2.05, 4.69) is 10.6 Å². The van der Waals surface area contributed by atoms with Gasteiger partial charge < -0.3 is 10.6 Å². The van der Waals surface area contributed by atoms with Gasteiger partial charge in [0.15, 0.2) is 0 Å². The normalized spacial score (nSPS) is 15.5. The van der Waals surface area contributed by atoms with Gasteiger partial charge in [-0.15, -0.1) is 0 Å². The summed E-state index contributed by atoms with van der Waals surface area (Å²) in [6, 6.07) is 17.1. The summed E-state index contributed by atoms with van der Waals surface area (Å²) in [5.74, 6) is -0.0660. The van der Waals surface area contributed by atoms with Crippen LogP contribution in [0.3, 0.4) is 0 Å². The van der Waals surface area contributed by atoms with E-state index in [1.165, 1.54) is 0 Å². The molecule has 2 N–H and O–H groups in total. The van der Waals surface area contributed by atoms with Crippen LogP contribution in [0.15, 0.2) is 54.6 Å². The quantitative estimate of drug-likeness (QED) is 0.783. The Kier molecular flexibility index (Phi) is 5.36. The Bertz CT molecular complexity index is 806. The van der Waals surface area contributed by atoms with Crippen molar-refractivity contribution in [2.24, 2.45) is 0 Å². The van der Waals surface area contributed by atoms with Gasteiger partial charge in [0.25, 0.3) is 5.91 Å². The van der Waals surface area contributed by atoms with Gasteiger partial charge in [-0.05, 0) is 62.9 Å². The molecule has 1 fully saturated rings. The first-order valence-corrected chi connectivity index (χ1v) is 9.66. The van der Waals surface area contributed by atoms with Crippen LogP contribution in [0.2, 0.25) is 0 Å². The lowest BCUT2D eigenvalue weighted by Crippen LogP contribution is -2.46. The molecule has 0 heterocycles. The van der Waals surface area contributed by atoms with Crippen molar-refractivity contribution in [3.63, 3.8) is 0 Å². The van der Waals surface area contributed by atoms with E-state index < -0.39 is 5.41 Å². The summed E-state index contributed by atoms with van der Waals surface area (Å²) in [7, 11) is 0. The van der Waals surface area contributed by atoms with Crippen LogP contribution in [0.1, 0.15) is 62.4 Å². The van der Waals surface area contributed by atoms with Crippen molar-refractivity contribution in [1.82, 2.24) is 5.32 Å². The molecule has 3 rings (SSSR count). The predicted molar refractivity (Wildman–Crippen MR) is 109 cm³/mol. The number of anilines is 1. The molecule has 2 aromatic carbocycles. The van der Waals surface area contributed by atoms with Gasteiger partial charge in [0.05, 0.1) is 5.41 Å². The Morgan fingerprint density at radius 3 is 2.15 bits per heavy atom. The first-order valence-electron chi connectivity index (χ1n) is 9.66. The van der Waals surface area contributed by atoms with E-state index in [0.717, 1.165) is 31.2 Å². The molecule has 0 spiro atoms. The molecule has 0 radical (unpaired) electrons. The Hall–Kier alpha value is -2.62. The van der Waals surface area contributed by atoms with Crippen LogP contribution in [0, 0.1) is 0 Å². The molecule has 1 aliphatic carbocycles. The number of nitrogens with one attached hydrogen (secondary N) is 2. The molecule has 27 heavy (non-hydrogen) atoms. The van der Waals surface area contributed by atoms with Crippen LogP contribution in [-0.4, -0.2) is 17.4 Å². The number of hydrogen-bond donors (Lipinski definition) is 2. The summed E-state index contributed by atoms with van der Waals surface area (Å²) in [5.41, 5.74) is 1.72. The molecule has 0 bridgehead atoms. The number of benzene rings is 2. The van der Waals surface area contributed by atoms with Crippen LogP contribution in [0.25, 0.3) is 0 Å². The number of amides is 2. The molecule has 0 saturated heterocycles. The number of rotatable bonds is 6.